The summed E-state index contributed by atoms with van der Waals surface area (Å²) in [6.07, 6.45) is 7.16. The number of nitrogens with zero attached hydrogens (tertiary/aromatic N) is 2. The van der Waals surface area contributed by atoms with Crippen molar-refractivity contribution in [2.24, 2.45) is 0 Å². The predicted molar refractivity (Wildman–Crippen MR) is 114 cm³/mol. The van der Waals surface area contributed by atoms with E-state index < -0.39 is 5.82 Å². The number of nitrogens with one attached hydrogen (secondary N) is 1. The third-order valence-electron chi connectivity index (χ3n) is 4.29. The van der Waals surface area contributed by atoms with Gasteiger partial charge in [-0.3, -0.25) is 0 Å². The molecule has 5 nitrogen and oxygen atoms in total. The van der Waals surface area contributed by atoms with E-state index in [-0.39, 0.29) is 10.8 Å². The lowest BCUT2D eigenvalue weighted by Crippen LogP contribution is -2.00. The van der Waals surface area contributed by atoms with E-state index in [2.05, 4.69) is 27.6 Å². The Bertz CT molecular complexity index is 1050. The molecule has 2 aromatic carbocycles. The SMILES string of the molecule is C=C=CCCCCCOc1cc2c(Nc3ccc(F)c(Cl)c3)ncnc2cc1O. The van der Waals surface area contributed by atoms with E-state index >= 15 is 0 Å². The molecule has 0 saturated carbocycles. The maximum absolute atomic E-state index is 13.4. The second-order valence-corrected chi connectivity index (χ2v) is 6.83. The van der Waals surface area contributed by atoms with Crippen LogP contribution in [-0.4, -0.2) is 21.7 Å². The van der Waals surface area contributed by atoms with Gasteiger partial charge in [0.25, 0.3) is 0 Å². The maximum atomic E-state index is 13.4. The lowest BCUT2D eigenvalue weighted by molar-refractivity contribution is 0.290. The Hall–Kier alpha value is -3.08. The van der Waals surface area contributed by atoms with Crippen LogP contribution in [0.4, 0.5) is 15.9 Å². The highest BCUT2D eigenvalue weighted by Gasteiger charge is 2.11. The maximum Gasteiger partial charge on any atom is 0.161 e. The smallest absolute Gasteiger partial charge is 0.161 e. The van der Waals surface area contributed by atoms with E-state index in [9.17, 15) is 9.50 Å². The lowest BCUT2D eigenvalue weighted by Gasteiger charge is -2.12. The van der Waals surface area contributed by atoms with E-state index in [0.717, 1.165) is 25.7 Å². The number of aromatic hydroxyl groups is 1. The number of phenolic OH excluding ortho intramolecular Hbond substituents is 1. The molecule has 0 aliphatic heterocycles. The van der Waals surface area contributed by atoms with Gasteiger partial charge in [0.1, 0.15) is 18.0 Å². The molecule has 3 aromatic rings. The van der Waals surface area contributed by atoms with Crippen LogP contribution in [0.5, 0.6) is 11.5 Å². The summed E-state index contributed by atoms with van der Waals surface area (Å²) < 4.78 is 19.1. The minimum atomic E-state index is -0.495. The van der Waals surface area contributed by atoms with Crippen molar-refractivity contribution in [1.82, 2.24) is 9.97 Å². The fraction of sp³-hybridized carbons (Fsp3) is 0.227. The molecular formula is C22H21ClFN3O2. The molecule has 0 unspecified atom stereocenters. The van der Waals surface area contributed by atoms with Crippen molar-refractivity contribution in [2.45, 2.75) is 25.7 Å². The monoisotopic (exact) mass is 413 g/mol. The van der Waals surface area contributed by atoms with Gasteiger partial charge in [0.15, 0.2) is 11.5 Å². The van der Waals surface area contributed by atoms with Crippen molar-refractivity contribution in [3.63, 3.8) is 0 Å². The van der Waals surface area contributed by atoms with Gasteiger partial charge in [-0.25, -0.2) is 14.4 Å². The number of allylic oxidation sites excluding steroid dienone is 1. The molecule has 0 fully saturated rings. The molecule has 0 aliphatic carbocycles. The number of ether oxygens (including phenoxy) is 1. The summed E-state index contributed by atoms with van der Waals surface area (Å²) in [7, 11) is 0. The normalized spacial score (nSPS) is 10.6. The van der Waals surface area contributed by atoms with Crippen LogP contribution >= 0.6 is 11.6 Å². The van der Waals surface area contributed by atoms with Crippen molar-refractivity contribution in [1.29, 1.82) is 0 Å². The van der Waals surface area contributed by atoms with Crippen LogP contribution in [0.15, 0.2) is 55.0 Å². The Labute approximate surface area is 173 Å². The standard InChI is InChI=1S/C22H21ClFN3O2/c1-2-3-4-5-6-7-10-29-21-12-16-19(13-20(21)28)25-14-26-22(16)27-15-8-9-18(24)17(23)11-15/h3,8-9,11-14,28H,1,4-7,10H2,(H,25,26,27). The first-order valence-corrected chi connectivity index (χ1v) is 9.63. The van der Waals surface area contributed by atoms with Crippen LogP contribution in [0.1, 0.15) is 25.7 Å². The van der Waals surface area contributed by atoms with Crippen molar-refractivity contribution in [3.05, 3.63) is 65.9 Å². The average Bonchev–Trinajstić information content (AvgIpc) is 2.70. The van der Waals surface area contributed by atoms with Crippen molar-refractivity contribution in [2.75, 3.05) is 11.9 Å². The Morgan fingerprint density at radius 1 is 1.21 bits per heavy atom. The molecule has 0 atom stereocenters. The van der Waals surface area contributed by atoms with Gasteiger partial charge >= 0.3 is 0 Å². The number of unbranched alkanes of at least 4 members (excludes halogenated alkanes) is 3. The minimum Gasteiger partial charge on any atom is -0.504 e. The number of phenols is 1. The van der Waals surface area contributed by atoms with Gasteiger partial charge in [0.05, 0.1) is 17.1 Å². The second-order valence-electron chi connectivity index (χ2n) is 6.42. The topological polar surface area (TPSA) is 67.3 Å². The minimum absolute atomic E-state index is 0.0126. The first-order chi connectivity index (χ1) is 14.1. The number of aromatic nitrogens is 2. The summed E-state index contributed by atoms with van der Waals surface area (Å²) >= 11 is 5.85. The number of fused-ring (bicyclic) bond motifs is 1. The van der Waals surface area contributed by atoms with Crippen LogP contribution in [0, 0.1) is 5.82 Å². The van der Waals surface area contributed by atoms with Gasteiger partial charge in [0.2, 0.25) is 0 Å². The van der Waals surface area contributed by atoms with E-state index in [1.165, 1.54) is 24.5 Å². The summed E-state index contributed by atoms with van der Waals surface area (Å²) in [5, 5.41) is 14.0. The van der Waals surface area contributed by atoms with Gasteiger partial charge in [-0.1, -0.05) is 18.2 Å². The number of hydrogen-bond donors (Lipinski definition) is 2. The summed E-state index contributed by atoms with van der Waals surface area (Å²) in [6, 6.07) is 7.54. The van der Waals surface area contributed by atoms with E-state index in [1.807, 2.05) is 6.08 Å². The first kappa shape index (κ1) is 20.6. The Morgan fingerprint density at radius 2 is 2.07 bits per heavy atom. The summed E-state index contributed by atoms with van der Waals surface area (Å²) in [5.74, 6) is 0.379. The van der Waals surface area contributed by atoms with Crippen LogP contribution in [-0.2, 0) is 0 Å². The molecule has 0 bridgehead atoms. The van der Waals surface area contributed by atoms with Crippen molar-refractivity contribution < 1.29 is 14.2 Å². The molecule has 0 spiro atoms. The molecule has 0 aliphatic rings. The second kappa shape index (κ2) is 9.92. The molecule has 2 N–H and O–H groups in total. The van der Waals surface area contributed by atoms with Crippen LogP contribution in [0.25, 0.3) is 10.9 Å². The fourth-order valence-corrected chi connectivity index (χ4v) is 2.99. The van der Waals surface area contributed by atoms with Crippen LogP contribution in [0.3, 0.4) is 0 Å². The molecule has 0 amide bonds. The highest BCUT2D eigenvalue weighted by atomic mass is 35.5. The van der Waals surface area contributed by atoms with Gasteiger partial charge in [0, 0.05) is 17.1 Å². The molecule has 1 heterocycles. The van der Waals surface area contributed by atoms with Crippen molar-refractivity contribution >= 4 is 34.0 Å². The zero-order chi connectivity index (χ0) is 20.6. The number of rotatable bonds is 9. The van der Waals surface area contributed by atoms with Crippen LogP contribution in [0.2, 0.25) is 5.02 Å². The highest BCUT2D eigenvalue weighted by Crippen LogP contribution is 2.34. The Morgan fingerprint density at radius 3 is 2.86 bits per heavy atom. The lowest BCUT2D eigenvalue weighted by atomic mass is 10.2. The molecule has 29 heavy (non-hydrogen) atoms. The summed E-state index contributed by atoms with van der Waals surface area (Å²) in [5.41, 5.74) is 3.89. The number of halogens is 2. The number of anilines is 2. The third kappa shape index (κ3) is 5.47. The first-order valence-electron chi connectivity index (χ1n) is 9.25. The molecule has 0 saturated heterocycles. The molecule has 7 heteroatoms. The molecule has 150 valence electrons. The van der Waals surface area contributed by atoms with E-state index in [4.69, 9.17) is 16.3 Å². The largest absolute Gasteiger partial charge is 0.504 e. The fourth-order valence-electron chi connectivity index (χ4n) is 2.81. The zero-order valence-corrected chi connectivity index (χ0v) is 16.5. The van der Waals surface area contributed by atoms with Gasteiger partial charge in [-0.05, 0) is 56.0 Å². The van der Waals surface area contributed by atoms with Crippen LogP contribution < -0.4 is 10.1 Å². The quantitative estimate of drug-likeness (QED) is 0.325. The molecule has 1 aromatic heterocycles. The Kier molecular flexibility index (Phi) is 7.06. The summed E-state index contributed by atoms with van der Waals surface area (Å²) in [4.78, 5) is 8.44. The Balaban J connectivity index is 1.75. The van der Waals surface area contributed by atoms with Crippen molar-refractivity contribution in [3.8, 4) is 11.5 Å². The predicted octanol–water partition coefficient (Wildman–Crippen LogP) is 6.15. The van der Waals surface area contributed by atoms with Gasteiger partial charge in [-0.2, -0.15) is 0 Å². The third-order valence-corrected chi connectivity index (χ3v) is 4.58. The molecular weight excluding hydrogens is 393 g/mol. The van der Waals surface area contributed by atoms with Gasteiger partial charge < -0.3 is 15.2 Å². The van der Waals surface area contributed by atoms with E-state index in [1.54, 1.807) is 12.1 Å². The molecule has 3 rings (SSSR count). The average molecular weight is 414 g/mol. The number of benzene rings is 2. The molecule has 0 radical (unpaired) electrons. The number of hydrogen-bond acceptors (Lipinski definition) is 5. The summed E-state index contributed by atoms with van der Waals surface area (Å²) in [6.45, 7) is 4.03. The van der Waals surface area contributed by atoms with E-state index in [0.29, 0.717) is 34.8 Å². The highest BCUT2D eigenvalue weighted by molar-refractivity contribution is 6.31. The zero-order valence-electron chi connectivity index (χ0n) is 15.8. The van der Waals surface area contributed by atoms with Gasteiger partial charge in [-0.15, -0.1) is 5.73 Å².